The van der Waals surface area contributed by atoms with Crippen molar-refractivity contribution in [3.63, 3.8) is 0 Å². The van der Waals surface area contributed by atoms with Crippen LogP contribution in [0.4, 0.5) is 10.7 Å². The van der Waals surface area contributed by atoms with Crippen molar-refractivity contribution < 1.29 is 14.7 Å². The summed E-state index contributed by atoms with van der Waals surface area (Å²) in [7, 11) is 0. The molecular weight excluding hydrogens is 362 g/mol. The molecule has 0 fully saturated rings. The predicted molar refractivity (Wildman–Crippen MR) is 110 cm³/mol. The van der Waals surface area contributed by atoms with Crippen molar-refractivity contribution in [1.29, 1.82) is 0 Å². The highest BCUT2D eigenvalue weighted by molar-refractivity contribution is 7.17. The number of hydrogen-bond acceptors (Lipinski definition) is 5. The van der Waals surface area contributed by atoms with Gasteiger partial charge in [0.05, 0.1) is 27.5 Å². The van der Waals surface area contributed by atoms with Gasteiger partial charge in [-0.15, -0.1) is 11.3 Å². The van der Waals surface area contributed by atoms with Gasteiger partial charge in [-0.1, -0.05) is 0 Å². The number of hydrogen-bond donors (Lipinski definition) is 1. The van der Waals surface area contributed by atoms with Crippen LogP contribution in [0.25, 0.3) is 6.08 Å². The number of benzene rings is 1. The monoisotopic (exact) mass is 383 g/mol. The zero-order valence-corrected chi connectivity index (χ0v) is 16.3. The van der Waals surface area contributed by atoms with E-state index in [0.29, 0.717) is 17.0 Å². The van der Waals surface area contributed by atoms with Crippen LogP contribution in [0.1, 0.15) is 36.0 Å². The van der Waals surface area contributed by atoms with Gasteiger partial charge in [0, 0.05) is 18.0 Å². The average molecular weight is 383 g/mol. The zero-order valence-electron chi connectivity index (χ0n) is 15.5. The van der Waals surface area contributed by atoms with Gasteiger partial charge in [0.25, 0.3) is 5.91 Å². The number of carboxylic acids is 1. The quantitative estimate of drug-likeness (QED) is 0.762. The number of thiophene rings is 1. The van der Waals surface area contributed by atoms with Gasteiger partial charge in [0.15, 0.2) is 0 Å². The summed E-state index contributed by atoms with van der Waals surface area (Å²) in [6.45, 7) is 7.91. The number of anilines is 2. The molecule has 0 aliphatic carbocycles. The second-order valence-corrected chi connectivity index (χ2v) is 7.15. The molecular formula is C20H21N3O3S. The summed E-state index contributed by atoms with van der Waals surface area (Å²) in [6, 6.07) is 10.2. The van der Waals surface area contributed by atoms with Crippen molar-refractivity contribution in [3.8, 4) is 0 Å². The lowest BCUT2D eigenvalue weighted by molar-refractivity contribution is -0.114. The summed E-state index contributed by atoms with van der Waals surface area (Å²) in [5.74, 6) is -1.22. The summed E-state index contributed by atoms with van der Waals surface area (Å²) in [4.78, 5) is 27.1. The largest absolute Gasteiger partial charge is 0.478 e. The van der Waals surface area contributed by atoms with Crippen molar-refractivity contribution in [1.82, 2.24) is 0 Å². The van der Waals surface area contributed by atoms with Crippen LogP contribution in [-0.4, -0.2) is 35.8 Å². The molecule has 3 rings (SSSR count). The van der Waals surface area contributed by atoms with Crippen LogP contribution in [0.5, 0.6) is 0 Å². The third-order valence-corrected chi connectivity index (χ3v) is 5.49. The van der Waals surface area contributed by atoms with Gasteiger partial charge in [-0.05, 0) is 63.2 Å². The molecule has 0 bridgehead atoms. The molecule has 1 N–H and O–H groups in total. The van der Waals surface area contributed by atoms with E-state index in [1.54, 1.807) is 30.4 Å². The maximum Gasteiger partial charge on any atom is 0.335 e. The van der Waals surface area contributed by atoms with Gasteiger partial charge in [0.1, 0.15) is 0 Å². The molecule has 0 saturated carbocycles. The molecule has 27 heavy (non-hydrogen) atoms. The van der Waals surface area contributed by atoms with Gasteiger partial charge in [0.2, 0.25) is 0 Å². The Hall–Kier alpha value is -2.93. The van der Waals surface area contributed by atoms with Crippen molar-refractivity contribution >= 4 is 45.7 Å². The first-order valence-electron chi connectivity index (χ1n) is 8.74. The summed E-state index contributed by atoms with van der Waals surface area (Å²) >= 11 is 1.64. The van der Waals surface area contributed by atoms with Crippen LogP contribution in [0, 0.1) is 0 Å². The van der Waals surface area contributed by atoms with Crippen LogP contribution in [0.3, 0.4) is 0 Å². The van der Waals surface area contributed by atoms with E-state index < -0.39 is 5.97 Å². The standard InChI is InChI=1S/C20H21N3O3S/c1-4-22(5-2)18-11-10-16(27-18)12-17-13(3)21-23(19(17)24)15-8-6-14(7-9-15)20(25)26/h6-12H,4-5H2,1-3H3,(H,25,26)/b17-12-. The van der Waals surface area contributed by atoms with Crippen molar-refractivity contribution in [2.75, 3.05) is 23.0 Å². The molecule has 1 aliphatic heterocycles. The average Bonchev–Trinajstić information content (AvgIpc) is 3.23. The molecule has 0 radical (unpaired) electrons. The second-order valence-electron chi connectivity index (χ2n) is 6.06. The predicted octanol–water partition coefficient (Wildman–Crippen LogP) is 4.10. The molecule has 1 aromatic carbocycles. The maximum atomic E-state index is 12.8. The minimum Gasteiger partial charge on any atom is -0.478 e. The summed E-state index contributed by atoms with van der Waals surface area (Å²) in [5, 5.41) is 15.8. The number of carbonyl (C=O) groups excluding carboxylic acids is 1. The van der Waals surface area contributed by atoms with Crippen molar-refractivity contribution in [3.05, 3.63) is 52.4 Å². The van der Waals surface area contributed by atoms with Crippen LogP contribution in [-0.2, 0) is 4.79 Å². The lowest BCUT2D eigenvalue weighted by atomic mass is 10.1. The number of rotatable bonds is 6. The molecule has 0 unspecified atom stereocenters. The molecule has 0 spiro atoms. The minimum atomic E-state index is -1.00. The third-order valence-electron chi connectivity index (χ3n) is 4.40. The van der Waals surface area contributed by atoms with Crippen LogP contribution in [0.2, 0.25) is 0 Å². The Morgan fingerprint density at radius 1 is 1.19 bits per heavy atom. The number of aromatic carboxylic acids is 1. The fraction of sp³-hybridized carbons (Fsp3) is 0.250. The minimum absolute atomic E-state index is 0.171. The first-order chi connectivity index (χ1) is 12.9. The molecule has 7 heteroatoms. The van der Waals surface area contributed by atoms with Crippen LogP contribution in [0.15, 0.2) is 47.1 Å². The van der Waals surface area contributed by atoms with Gasteiger partial charge in [-0.3, -0.25) is 4.79 Å². The molecule has 6 nitrogen and oxygen atoms in total. The van der Waals surface area contributed by atoms with Gasteiger partial charge in [-0.2, -0.15) is 10.1 Å². The maximum absolute atomic E-state index is 12.8. The van der Waals surface area contributed by atoms with E-state index >= 15 is 0 Å². The molecule has 0 atom stereocenters. The fourth-order valence-corrected chi connectivity index (χ4v) is 3.95. The van der Waals surface area contributed by atoms with Crippen LogP contribution < -0.4 is 9.91 Å². The summed E-state index contributed by atoms with van der Waals surface area (Å²) in [6.07, 6.45) is 1.87. The SMILES string of the molecule is CCN(CC)c1ccc(/C=C2\C(=O)N(c3ccc(C(=O)O)cc3)N=C2C)s1. The summed E-state index contributed by atoms with van der Waals surface area (Å²) < 4.78 is 0. The molecule has 2 aromatic rings. The van der Waals surface area contributed by atoms with E-state index in [-0.39, 0.29) is 11.5 Å². The number of nitrogens with zero attached hydrogens (tertiary/aromatic N) is 3. The van der Waals surface area contributed by atoms with Crippen molar-refractivity contribution in [2.24, 2.45) is 5.10 Å². The normalized spacial score (nSPS) is 15.4. The molecule has 2 heterocycles. The van der Waals surface area contributed by atoms with E-state index in [9.17, 15) is 9.59 Å². The van der Waals surface area contributed by atoms with Crippen molar-refractivity contribution in [2.45, 2.75) is 20.8 Å². The zero-order chi connectivity index (χ0) is 19.6. The smallest absolute Gasteiger partial charge is 0.335 e. The second kappa shape index (κ2) is 7.75. The summed E-state index contributed by atoms with van der Waals surface area (Å²) in [5.41, 5.74) is 1.90. The fourth-order valence-electron chi connectivity index (χ4n) is 2.87. The molecule has 140 valence electrons. The van der Waals surface area contributed by atoms with E-state index in [1.807, 2.05) is 12.1 Å². The number of amides is 1. The van der Waals surface area contributed by atoms with E-state index in [1.165, 1.54) is 22.1 Å². The van der Waals surface area contributed by atoms with E-state index in [2.05, 4.69) is 29.9 Å². The Morgan fingerprint density at radius 2 is 1.85 bits per heavy atom. The molecule has 1 aromatic heterocycles. The van der Waals surface area contributed by atoms with Gasteiger partial charge in [-0.25, -0.2) is 4.79 Å². The van der Waals surface area contributed by atoms with E-state index in [0.717, 1.165) is 18.0 Å². The molecule has 1 aliphatic rings. The highest BCUT2D eigenvalue weighted by Gasteiger charge is 2.29. The Morgan fingerprint density at radius 3 is 2.44 bits per heavy atom. The third kappa shape index (κ3) is 3.78. The highest BCUT2D eigenvalue weighted by atomic mass is 32.1. The highest BCUT2D eigenvalue weighted by Crippen LogP contribution is 2.30. The van der Waals surface area contributed by atoms with Crippen LogP contribution >= 0.6 is 11.3 Å². The lowest BCUT2D eigenvalue weighted by Crippen LogP contribution is -2.21. The Bertz CT molecular complexity index is 924. The number of carboxylic acid groups (broad SMARTS) is 1. The lowest BCUT2D eigenvalue weighted by Gasteiger charge is -2.17. The Balaban J connectivity index is 1.84. The van der Waals surface area contributed by atoms with E-state index in [4.69, 9.17) is 5.11 Å². The van der Waals surface area contributed by atoms with Gasteiger partial charge < -0.3 is 10.0 Å². The molecule has 0 saturated heterocycles. The van der Waals surface area contributed by atoms with Gasteiger partial charge >= 0.3 is 5.97 Å². The Labute approximate surface area is 162 Å². The Kier molecular flexibility index (Phi) is 5.41. The first kappa shape index (κ1) is 18.8. The first-order valence-corrected chi connectivity index (χ1v) is 9.56. The molecule has 1 amide bonds. The number of hydrazone groups is 1. The topological polar surface area (TPSA) is 73.2 Å². The number of carbonyl (C=O) groups is 2.